The molecule has 0 unspecified atom stereocenters. The Balaban J connectivity index is 2.17. The number of nitrogens with one attached hydrogen (secondary N) is 1. The molecule has 0 bridgehead atoms. The molecule has 4 nitrogen and oxygen atoms in total. The van der Waals surface area contributed by atoms with Gasteiger partial charge in [0.05, 0.1) is 16.5 Å². The van der Waals surface area contributed by atoms with E-state index in [1.54, 1.807) is 30.3 Å². The number of nitriles is 1. The van der Waals surface area contributed by atoms with Crippen molar-refractivity contribution in [2.75, 3.05) is 0 Å². The molecule has 0 aliphatic rings. The molecule has 0 spiro atoms. The van der Waals surface area contributed by atoms with Gasteiger partial charge in [-0.3, -0.25) is 0 Å². The molecule has 0 aliphatic heterocycles. The molecule has 0 aliphatic carbocycles. The maximum absolute atomic E-state index is 12.1. The maximum atomic E-state index is 12.1. The van der Waals surface area contributed by atoms with Crippen molar-refractivity contribution in [1.82, 2.24) is 4.72 Å². The van der Waals surface area contributed by atoms with Crippen molar-refractivity contribution in [3.63, 3.8) is 0 Å². The van der Waals surface area contributed by atoms with E-state index in [0.717, 1.165) is 5.56 Å². The van der Waals surface area contributed by atoms with E-state index in [-0.39, 0.29) is 11.4 Å². The molecule has 0 radical (unpaired) electrons. The van der Waals surface area contributed by atoms with Gasteiger partial charge in [0, 0.05) is 11.6 Å². The Labute approximate surface area is 122 Å². The average molecular weight is 307 g/mol. The molecular formula is C14H11ClN2O2S. The van der Waals surface area contributed by atoms with Gasteiger partial charge in [0.1, 0.15) is 0 Å². The molecule has 2 aromatic rings. The van der Waals surface area contributed by atoms with E-state index in [0.29, 0.717) is 10.6 Å². The van der Waals surface area contributed by atoms with Crippen LogP contribution in [0.4, 0.5) is 0 Å². The van der Waals surface area contributed by atoms with Gasteiger partial charge < -0.3 is 0 Å². The summed E-state index contributed by atoms with van der Waals surface area (Å²) in [5.74, 6) is 0. The molecule has 6 heteroatoms. The monoisotopic (exact) mass is 306 g/mol. The highest BCUT2D eigenvalue weighted by molar-refractivity contribution is 7.89. The fourth-order valence-corrected chi connectivity index (χ4v) is 2.92. The number of halogens is 1. The summed E-state index contributed by atoms with van der Waals surface area (Å²) in [6.07, 6.45) is 0. The van der Waals surface area contributed by atoms with Crippen LogP contribution in [0, 0.1) is 11.3 Å². The van der Waals surface area contributed by atoms with Crippen LogP contribution in [0.25, 0.3) is 0 Å². The van der Waals surface area contributed by atoms with Gasteiger partial charge in [0.15, 0.2) is 0 Å². The quantitative estimate of drug-likeness (QED) is 0.944. The highest BCUT2D eigenvalue weighted by atomic mass is 35.5. The van der Waals surface area contributed by atoms with Crippen LogP contribution < -0.4 is 4.72 Å². The van der Waals surface area contributed by atoms with Crippen LogP contribution >= 0.6 is 11.6 Å². The minimum absolute atomic E-state index is 0.0681. The molecule has 102 valence electrons. The normalized spacial score (nSPS) is 11.0. The number of sulfonamides is 1. The van der Waals surface area contributed by atoms with Gasteiger partial charge in [-0.25, -0.2) is 13.1 Å². The van der Waals surface area contributed by atoms with E-state index in [1.165, 1.54) is 18.2 Å². The Morgan fingerprint density at radius 3 is 2.60 bits per heavy atom. The van der Waals surface area contributed by atoms with E-state index >= 15 is 0 Å². The molecule has 0 saturated heterocycles. The summed E-state index contributed by atoms with van der Waals surface area (Å²) in [4.78, 5) is 0.0681. The van der Waals surface area contributed by atoms with Crippen LogP contribution in [0.5, 0.6) is 0 Å². The smallest absolute Gasteiger partial charge is 0.207 e. The highest BCUT2D eigenvalue weighted by Crippen LogP contribution is 2.13. The third-order valence-electron chi connectivity index (χ3n) is 2.63. The number of rotatable bonds is 4. The Morgan fingerprint density at radius 1 is 1.15 bits per heavy atom. The van der Waals surface area contributed by atoms with Gasteiger partial charge in [-0.15, -0.1) is 0 Å². The largest absolute Gasteiger partial charge is 0.240 e. The zero-order valence-electron chi connectivity index (χ0n) is 10.4. The van der Waals surface area contributed by atoms with Gasteiger partial charge in [-0.05, 0) is 35.9 Å². The summed E-state index contributed by atoms with van der Waals surface area (Å²) in [7, 11) is -3.65. The van der Waals surface area contributed by atoms with Crippen LogP contribution in [0.1, 0.15) is 11.1 Å². The van der Waals surface area contributed by atoms with Crippen molar-refractivity contribution < 1.29 is 8.42 Å². The van der Waals surface area contributed by atoms with Crippen molar-refractivity contribution in [3.05, 3.63) is 64.7 Å². The summed E-state index contributed by atoms with van der Waals surface area (Å²) in [5, 5.41) is 9.34. The lowest BCUT2D eigenvalue weighted by atomic mass is 10.2. The van der Waals surface area contributed by atoms with E-state index in [1.807, 2.05) is 6.07 Å². The van der Waals surface area contributed by atoms with Crippen molar-refractivity contribution in [2.45, 2.75) is 11.4 Å². The number of benzene rings is 2. The zero-order valence-corrected chi connectivity index (χ0v) is 11.9. The fraction of sp³-hybridized carbons (Fsp3) is 0.0714. The van der Waals surface area contributed by atoms with Crippen LogP contribution in [-0.4, -0.2) is 8.42 Å². The first kappa shape index (κ1) is 14.5. The SMILES string of the molecule is N#Cc1cccc(S(=O)(=O)NCc2cccc(Cl)c2)c1. The van der Waals surface area contributed by atoms with E-state index < -0.39 is 10.0 Å². The molecule has 2 aromatic carbocycles. The van der Waals surface area contributed by atoms with Crippen molar-refractivity contribution in [3.8, 4) is 6.07 Å². The lowest BCUT2D eigenvalue weighted by Gasteiger charge is -2.07. The standard InChI is InChI=1S/C14H11ClN2O2S/c15-13-5-1-4-12(7-13)10-17-20(18,19)14-6-2-3-11(8-14)9-16/h1-8,17H,10H2. The van der Waals surface area contributed by atoms with E-state index in [2.05, 4.69) is 4.72 Å². The Bertz CT molecular complexity index is 767. The number of hydrogen-bond donors (Lipinski definition) is 1. The number of hydrogen-bond acceptors (Lipinski definition) is 3. The molecule has 0 saturated carbocycles. The van der Waals surface area contributed by atoms with Gasteiger partial charge in [0.2, 0.25) is 10.0 Å². The summed E-state index contributed by atoms with van der Waals surface area (Å²) in [5.41, 5.74) is 1.06. The lowest BCUT2D eigenvalue weighted by molar-refractivity contribution is 0.581. The van der Waals surface area contributed by atoms with Gasteiger partial charge in [-0.1, -0.05) is 29.8 Å². The van der Waals surface area contributed by atoms with Crippen molar-refractivity contribution in [1.29, 1.82) is 5.26 Å². The first-order valence-corrected chi connectivity index (χ1v) is 7.62. The number of nitrogens with zero attached hydrogens (tertiary/aromatic N) is 1. The minimum atomic E-state index is -3.65. The topological polar surface area (TPSA) is 70.0 Å². The summed E-state index contributed by atoms with van der Waals surface area (Å²) >= 11 is 5.84. The fourth-order valence-electron chi connectivity index (χ4n) is 1.64. The third-order valence-corrected chi connectivity index (χ3v) is 4.26. The first-order chi connectivity index (χ1) is 9.51. The Hall–Kier alpha value is -1.87. The van der Waals surface area contributed by atoms with Gasteiger partial charge in [-0.2, -0.15) is 5.26 Å². The van der Waals surface area contributed by atoms with Gasteiger partial charge >= 0.3 is 0 Å². The molecule has 0 aromatic heterocycles. The molecule has 20 heavy (non-hydrogen) atoms. The summed E-state index contributed by atoms with van der Waals surface area (Å²) in [6.45, 7) is 0.139. The third kappa shape index (κ3) is 3.58. The molecule has 0 heterocycles. The molecule has 0 atom stereocenters. The molecule has 2 rings (SSSR count). The lowest BCUT2D eigenvalue weighted by Crippen LogP contribution is -2.23. The summed E-state index contributed by atoms with van der Waals surface area (Å²) < 4.78 is 26.7. The Morgan fingerprint density at radius 2 is 1.90 bits per heavy atom. The predicted octanol–water partition coefficient (Wildman–Crippen LogP) is 2.69. The van der Waals surface area contributed by atoms with Crippen LogP contribution in [0.3, 0.4) is 0 Å². The van der Waals surface area contributed by atoms with Crippen LogP contribution in [0.15, 0.2) is 53.4 Å². The second kappa shape index (κ2) is 6.06. The van der Waals surface area contributed by atoms with Crippen molar-refractivity contribution in [2.24, 2.45) is 0 Å². The van der Waals surface area contributed by atoms with Crippen molar-refractivity contribution >= 4 is 21.6 Å². The van der Waals surface area contributed by atoms with E-state index in [4.69, 9.17) is 16.9 Å². The zero-order chi connectivity index (χ0) is 14.6. The molecule has 0 amide bonds. The minimum Gasteiger partial charge on any atom is -0.207 e. The second-order valence-electron chi connectivity index (χ2n) is 4.09. The maximum Gasteiger partial charge on any atom is 0.240 e. The molecule has 0 fully saturated rings. The van der Waals surface area contributed by atoms with Crippen LogP contribution in [0.2, 0.25) is 5.02 Å². The van der Waals surface area contributed by atoms with Gasteiger partial charge in [0.25, 0.3) is 0 Å². The molecule has 1 N–H and O–H groups in total. The van der Waals surface area contributed by atoms with Crippen LogP contribution in [-0.2, 0) is 16.6 Å². The average Bonchev–Trinajstić information content (AvgIpc) is 2.45. The highest BCUT2D eigenvalue weighted by Gasteiger charge is 2.14. The summed E-state index contributed by atoms with van der Waals surface area (Å²) in [6, 6.07) is 14.7. The van der Waals surface area contributed by atoms with E-state index in [9.17, 15) is 8.42 Å². The molecular weight excluding hydrogens is 296 g/mol. The Kier molecular flexibility index (Phi) is 4.40. The predicted molar refractivity (Wildman–Crippen MR) is 76.6 cm³/mol. The first-order valence-electron chi connectivity index (χ1n) is 5.75. The second-order valence-corrected chi connectivity index (χ2v) is 6.30.